The van der Waals surface area contributed by atoms with Gasteiger partial charge >= 0.3 is 0 Å². The van der Waals surface area contributed by atoms with Crippen LogP contribution in [-0.4, -0.2) is 23.2 Å². The second-order valence-electron chi connectivity index (χ2n) is 7.03. The Labute approximate surface area is 148 Å². The molecule has 1 saturated heterocycles. The van der Waals surface area contributed by atoms with Crippen LogP contribution in [0.1, 0.15) is 30.1 Å². The number of anilines is 1. The molecule has 0 spiro atoms. The summed E-state index contributed by atoms with van der Waals surface area (Å²) in [5.41, 5.74) is 4.61. The van der Waals surface area contributed by atoms with Crippen molar-refractivity contribution in [3.8, 4) is 0 Å². The van der Waals surface area contributed by atoms with Crippen LogP contribution in [0, 0.1) is 12.8 Å². The standard InChI is InChI=1S/C22H24N2O/c1-16-7-8-20-19(15-16)21(9-12-23-20)24-13-10-18(11-14-24)22(25)17-5-3-2-4-6-17/h2-9,12,15,18,22,25H,10-11,13-14H2,1H3. The van der Waals surface area contributed by atoms with Crippen LogP contribution in [0.4, 0.5) is 5.69 Å². The summed E-state index contributed by atoms with van der Waals surface area (Å²) < 4.78 is 0. The molecule has 1 atom stereocenters. The molecule has 4 rings (SSSR count). The van der Waals surface area contributed by atoms with Gasteiger partial charge in [0.05, 0.1) is 11.6 Å². The molecule has 0 amide bonds. The number of benzene rings is 2. The summed E-state index contributed by atoms with van der Waals surface area (Å²) in [6.07, 6.45) is 3.55. The van der Waals surface area contributed by atoms with Crippen LogP contribution in [0.2, 0.25) is 0 Å². The van der Waals surface area contributed by atoms with Crippen molar-refractivity contribution in [1.82, 2.24) is 4.98 Å². The quantitative estimate of drug-likeness (QED) is 0.767. The predicted molar refractivity (Wildman–Crippen MR) is 103 cm³/mol. The minimum Gasteiger partial charge on any atom is -0.388 e. The van der Waals surface area contributed by atoms with E-state index in [1.807, 2.05) is 36.5 Å². The van der Waals surface area contributed by atoms with Gasteiger partial charge in [0.1, 0.15) is 0 Å². The van der Waals surface area contributed by atoms with E-state index in [-0.39, 0.29) is 6.10 Å². The number of rotatable bonds is 3. The Hall–Kier alpha value is -2.39. The fourth-order valence-corrected chi connectivity index (χ4v) is 3.90. The van der Waals surface area contributed by atoms with Gasteiger partial charge in [-0.25, -0.2) is 0 Å². The Morgan fingerprint density at radius 3 is 2.56 bits per heavy atom. The van der Waals surface area contributed by atoms with E-state index in [1.165, 1.54) is 16.6 Å². The van der Waals surface area contributed by atoms with Gasteiger partial charge in [0.15, 0.2) is 0 Å². The van der Waals surface area contributed by atoms with Gasteiger partial charge < -0.3 is 10.0 Å². The lowest BCUT2D eigenvalue weighted by atomic mass is 9.87. The molecule has 3 heteroatoms. The van der Waals surface area contributed by atoms with Crippen LogP contribution in [0.5, 0.6) is 0 Å². The van der Waals surface area contributed by atoms with Gasteiger partial charge in [-0.05, 0) is 49.4 Å². The van der Waals surface area contributed by atoms with Gasteiger partial charge in [-0.2, -0.15) is 0 Å². The third-order valence-electron chi connectivity index (χ3n) is 5.34. The first-order valence-corrected chi connectivity index (χ1v) is 9.06. The Kier molecular flexibility index (Phi) is 4.41. The van der Waals surface area contributed by atoms with Crippen LogP contribution in [0.15, 0.2) is 60.8 Å². The third kappa shape index (κ3) is 3.24. The molecule has 0 aliphatic carbocycles. The van der Waals surface area contributed by atoms with Gasteiger partial charge in [0, 0.05) is 30.4 Å². The summed E-state index contributed by atoms with van der Waals surface area (Å²) in [6, 6.07) is 18.6. The highest BCUT2D eigenvalue weighted by Crippen LogP contribution is 2.34. The van der Waals surface area contributed by atoms with Crippen molar-refractivity contribution in [2.24, 2.45) is 5.92 Å². The van der Waals surface area contributed by atoms with E-state index < -0.39 is 0 Å². The van der Waals surface area contributed by atoms with Gasteiger partial charge in [-0.1, -0.05) is 42.0 Å². The van der Waals surface area contributed by atoms with E-state index in [4.69, 9.17) is 0 Å². The first-order chi connectivity index (χ1) is 12.2. The summed E-state index contributed by atoms with van der Waals surface area (Å²) >= 11 is 0. The van der Waals surface area contributed by atoms with Crippen LogP contribution >= 0.6 is 0 Å². The fourth-order valence-electron chi connectivity index (χ4n) is 3.90. The number of pyridine rings is 1. The summed E-state index contributed by atoms with van der Waals surface area (Å²) in [5, 5.41) is 11.9. The second-order valence-corrected chi connectivity index (χ2v) is 7.03. The first kappa shape index (κ1) is 16.1. The molecule has 3 nitrogen and oxygen atoms in total. The number of hydrogen-bond donors (Lipinski definition) is 1. The van der Waals surface area contributed by atoms with Crippen LogP contribution in [-0.2, 0) is 0 Å². The molecule has 0 bridgehead atoms. The minimum atomic E-state index is -0.361. The summed E-state index contributed by atoms with van der Waals surface area (Å²) in [4.78, 5) is 6.94. The van der Waals surface area contributed by atoms with Crippen molar-refractivity contribution in [3.05, 3.63) is 71.9 Å². The number of piperidine rings is 1. The summed E-state index contributed by atoms with van der Waals surface area (Å²) in [7, 11) is 0. The van der Waals surface area contributed by atoms with E-state index in [2.05, 4.69) is 41.1 Å². The zero-order valence-corrected chi connectivity index (χ0v) is 14.6. The average Bonchev–Trinajstić information content (AvgIpc) is 2.68. The lowest BCUT2D eigenvalue weighted by Gasteiger charge is -2.36. The molecule has 0 saturated carbocycles. The lowest BCUT2D eigenvalue weighted by molar-refractivity contribution is 0.0930. The fraction of sp³-hybridized carbons (Fsp3) is 0.318. The molecule has 3 aromatic rings. The van der Waals surface area contributed by atoms with Crippen molar-refractivity contribution in [1.29, 1.82) is 0 Å². The molecule has 2 heterocycles. The average molecular weight is 332 g/mol. The highest BCUT2D eigenvalue weighted by molar-refractivity contribution is 5.92. The number of fused-ring (bicyclic) bond motifs is 1. The number of aromatic nitrogens is 1. The molecule has 25 heavy (non-hydrogen) atoms. The molecule has 1 aliphatic rings. The highest BCUT2D eigenvalue weighted by atomic mass is 16.3. The van der Waals surface area contributed by atoms with Gasteiger partial charge in [0.25, 0.3) is 0 Å². The summed E-state index contributed by atoms with van der Waals surface area (Å²) in [5.74, 6) is 0.327. The maximum atomic E-state index is 10.7. The smallest absolute Gasteiger partial charge is 0.0819 e. The maximum Gasteiger partial charge on any atom is 0.0819 e. The Morgan fingerprint density at radius 2 is 1.80 bits per heavy atom. The summed E-state index contributed by atoms with van der Waals surface area (Å²) in [6.45, 7) is 4.07. The molecule has 1 aromatic heterocycles. The minimum absolute atomic E-state index is 0.327. The van der Waals surface area contributed by atoms with Crippen molar-refractivity contribution >= 4 is 16.6 Å². The highest BCUT2D eigenvalue weighted by Gasteiger charge is 2.26. The molecular formula is C22H24N2O. The van der Waals surface area contributed by atoms with Crippen molar-refractivity contribution in [2.75, 3.05) is 18.0 Å². The Balaban J connectivity index is 1.52. The second kappa shape index (κ2) is 6.85. The monoisotopic (exact) mass is 332 g/mol. The topological polar surface area (TPSA) is 36.4 Å². The molecule has 1 unspecified atom stereocenters. The molecule has 128 valence electrons. The normalized spacial score (nSPS) is 17.0. The van der Waals surface area contributed by atoms with Crippen LogP contribution < -0.4 is 4.90 Å². The zero-order chi connectivity index (χ0) is 17.2. The van der Waals surface area contributed by atoms with E-state index >= 15 is 0 Å². The van der Waals surface area contributed by atoms with Crippen LogP contribution in [0.25, 0.3) is 10.9 Å². The zero-order valence-electron chi connectivity index (χ0n) is 14.6. The molecule has 2 aromatic carbocycles. The van der Waals surface area contributed by atoms with E-state index in [0.29, 0.717) is 5.92 Å². The number of aliphatic hydroxyl groups is 1. The molecule has 1 aliphatic heterocycles. The lowest BCUT2D eigenvalue weighted by Crippen LogP contribution is -2.35. The molecule has 0 radical (unpaired) electrons. The maximum absolute atomic E-state index is 10.7. The Morgan fingerprint density at radius 1 is 1.04 bits per heavy atom. The Bertz CT molecular complexity index is 854. The van der Waals surface area contributed by atoms with E-state index in [1.54, 1.807) is 0 Å². The SMILES string of the molecule is Cc1ccc2nccc(N3CCC(C(O)c4ccccc4)CC3)c2c1. The number of nitrogens with zero attached hydrogens (tertiary/aromatic N) is 2. The van der Waals surface area contributed by atoms with Gasteiger partial charge in [-0.3, -0.25) is 4.98 Å². The van der Waals surface area contributed by atoms with E-state index in [0.717, 1.165) is 37.0 Å². The molecular weight excluding hydrogens is 308 g/mol. The predicted octanol–water partition coefficient (Wildman–Crippen LogP) is 4.49. The third-order valence-corrected chi connectivity index (χ3v) is 5.34. The molecule has 1 fully saturated rings. The molecule has 1 N–H and O–H groups in total. The van der Waals surface area contributed by atoms with Crippen molar-refractivity contribution in [2.45, 2.75) is 25.9 Å². The van der Waals surface area contributed by atoms with Gasteiger partial charge in [0.2, 0.25) is 0 Å². The van der Waals surface area contributed by atoms with Gasteiger partial charge in [-0.15, -0.1) is 0 Å². The van der Waals surface area contributed by atoms with Crippen molar-refractivity contribution in [3.63, 3.8) is 0 Å². The largest absolute Gasteiger partial charge is 0.388 e. The number of aliphatic hydroxyl groups excluding tert-OH is 1. The van der Waals surface area contributed by atoms with Crippen LogP contribution in [0.3, 0.4) is 0 Å². The van der Waals surface area contributed by atoms with Crippen molar-refractivity contribution < 1.29 is 5.11 Å². The first-order valence-electron chi connectivity index (χ1n) is 9.06. The number of hydrogen-bond acceptors (Lipinski definition) is 3. The number of aryl methyl sites for hydroxylation is 1. The van der Waals surface area contributed by atoms with E-state index in [9.17, 15) is 5.11 Å².